The highest BCUT2D eigenvalue weighted by Gasteiger charge is 2.09. The minimum atomic E-state index is -0.171. The first-order valence-electron chi connectivity index (χ1n) is 9.04. The zero-order chi connectivity index (χ0) is 19.5. The van der Waals surface area contributed by atoms with Crippen molar-refractivity contribution < 1.29 is 14.3 Å². The molecule has 0 unspecified atom stereocenters. The van der Waals surface area contributed by atoms with Gasteiger partial charge in [-0.25, -0.2) is 0 Å². The third kappa shape index (κ3) is 7.68. The topological polar surface area (TPSA) is 62.8 Å². The molecule has 6 heteroatoms. The smallest absolute Gasteiger partial charge is 0.258 e. The van der Waals surface area contributed by atoms with Gasteiger partial charge in [0.25, 0.3) is 5.91 Å². The number of hydrogen-bond acceptors (Lipinski definition) is 5. The first kappa shape index (κ1) is 20.7. The van der Waals surface area contributed by atoms with Crippen LogP contribution in [0.2, 0.25) is 0 Å². The summed E-state index contributed by atoms with van der Waals surface area (Å²) >= 11 is 0. The van der Waals surface area contributed by atoms with Gasteiger partial charge in [0.1, 0.15) is 0 Å². The lowest BCUT2D eigenvalue weighted by Gasteiger charge is -2.13. The fourth-order valence-corrected chi connectivity index (χ4v) is 2.47. The van der Waals surface area contributed by atoms with Crippen molar-refractivity contribution in [1.82, 2.24) is 15.5 Å². The van der Waals surface area contributed by atoms with E-state index in [1.807, 2.05) is 62.6 Å². The minimum absolute atomic E-state index is 0.0520. The molecule has 6 nitrogen and oxygen atoms in total. The lowest BCUT2D eigenvalue weighted by molar-refractivity contribution is -0.123. The molecule has 146 valence electrons. The highest BCUT2D eigenvalue weighted by atomic mass is 16.5. The summed E-state index contributed by atoms with van der Waals surface area (Å²) in [5.41, 5.74) is 2.15. The standard InChI is InChI=1S/C21H29N3O3/c1-24(2)12-11-22-14-18-9-10-19(20(13-18)26-3)27-16-21(25)23-15-17-7-5-4-6-8-17/h4-10,13,22H,11-12,14-16H2,1-3H3,(H,23,25). The highest BCUT2D eigenvalue weighted by molar-refractivity contribution is 5.77. The molecule has 27 heavy (non-hydrogen) atoms. The molecule has 2 aromatic rings. The monoisotopic (exact) mass is 371 g/mol. The summed E-state index contributed by atoms with van der Waals surface area (Å²) in [6.07, 6.45) is 0. The summed E-state index contributed by atoms with van der Waals surface area (Å²) in [7, 11) is 5.70. The van der Waals surface area contributed by atoms with Crippen molar-refractivity contribution in [2.75, 3.05) is 40.9 Å². The third-order valence-corrected chi connectivity index (χ3v) is 3.98. The Hall–Kier alpha value is -2.57. The number of benzene rings is 2. The molecule has 0 heterocycles. The Kier molecular flexibility index (Phi) is 8.61. The van der Waals surface area contributed by atoms with Gasteiger partial charge in [-0.05, 0) is 37.4 Å². The molecule has 0 radical (unpaired) electrons. The van der Waals surface area contributed by atoms with Crippen LogP contribution in [-0.2, 0) is 17.9 Å². The Morgan fingerprint density at radius 3 is 2.48 bits per heavy atom. The summed E-state index contributed by atoms with van der Waals surface area (Å²) < 4.78 is 11.0. The minimum Gasteiger partial charge on any atom is -0.493 e. The lowest BCUT2D eigenvalue weighted by atomic mass is 10.2. The van der Waals surface area contributed by atoms with Gasteiger partial charge < -0.3 is 25.0 Å². The quantitative estimate of drug-likeness (QED) is 0.592. The molecule has 0 aliphatic rings. The molecule has 0 saturated heterocycles. The normalized spacial score (nSPS) is 10.7. The van der Waals surface area contributed by atoms with Crippen molar-refractivity contribution in [2.45, 2.75) is 13.1 Å². The van der Waals surface area contributed by atoms with Crippen molar-refractivity contribution in [3.8, 4) is 11.5 Å². The summed E-state index contributed by atoms with van der Waals surface area (Å²) in [5, 5.41) is 6.23. The highest BCUT2D eigenvalue weighted by Crippen LogP contribution is 2.28. The molecule has 2 aromatic carbocycles. The van der Waals surface area contributed by atoms with E-state index in [1.165, 1.54) is 0 Å². The molecule has 2 rings (SSSR count). The molecular weight excluding hydrogens is 342 g/mol. The fraction of sp³-hybridized carbons (Fsp3) is 0.381. The Labute approximate surface area is 161 Å². The van der Waals surface area contributed by atoms with E-state index in [0.29, 0.717) is 18.0 Å². The van der Waals surface area contributed by atoms with Crippen molar-refractivity contribution in [3.05, 3.63) is 59.7 Å². The number of methoxy groups -OCH3 is 1. The van der Waals surface area contributed by atoms with Crippen LogP contribution in [-0.4, -0.2) is 51.7 Å². The first-order valence-corrected chi connectivity index (χ1v) is 9.04. The van der Waals surface area contributed by atoms with Gasteiger partial charge in [-0.1, -0.05) is 36.4 Å². The molecule has 0 aliphatic carbocycles. The average molecular weight is 371 g/mol. The molecule has 0 atom stereocenters. The van der Waals surface area contributed by atoms with E-state index < -0.39 is 0 Å². The third-order valence-electron chi connectivity index (χ3n) is 3.98. The summed E-state index contributed by atoms with van der Waals surface area (Å²) in [6.45, 7) is 3.08. The molecule has 0 aromatic heterocycles. The van der Waals surface area contributed by atoms with Crippen molar-refractivity contribution >= 4 is 5.91 Å². The van der Waals surface area contributed by atoms with Gasteiger partial charge in [0.05, 0.1) is 7.11 Å². The van der Waals surface area contributed by atoms with Crippen LogP contribution in [0.25, 0.3) is 0 Å². The fourth-order valence-electron chi connectivity index (χ4n) is 2.47. The number of nitrogens with one attached hydrogen (secondary N) is 2. The number of rotatable bonds is 11. The van der Waals surface area contributed by atoms with Gasteiger partial charge in [-0.15, -0.1) is 0 Å². The van der Waals surface area contributed by atoms with Gasteiger partial charge in [-0.3, -0.25) is 4.79 Å². The van der Waals surface area contributed by atoms with Crippen LogP contribution < -0.4 is 20.1 Å². The van der Waals surface area contributed by atoms with E-state index in [0.717, 1.165) is 30.8 Å². The second kappa shape index (κ2) is 11.2. The Morgan fingerprint density at radius 2 is 1.78 bits per heavy atom. The van der Waals surface area contributed by atoms with E-state index in [1.54, 1.807) is 7.11 Å². The SMILES string of the molecule is COc1cc(CNCCN(C)C)ccc1OCC(=O)NCc1ccccc1. The van der Waals surface area contributed by atoms with E-state index >= 15 is 0 Å². The Morgan fingerprint density at radius 1 is 1.00 bits per heavy atom. The number of likely N-dealkylation sites (N-methyl/N-ethyl adjacent to an activating group) is 1. The van der Waals surface area contributed by atoms with Crippen molar-refractivity contribution in [2.24, 2.45) is 0 Å². The van der Waals surface area contributed by atoms with E-state index in [9.17, 15) is 4.79 Å². The van der Waals surface area contributed by atoms with Gasteiger partial charge in [0.15, 0.2) is 18.1 Å². The largest absolute Gasteiger partial charge is 0.493 e. The molecule has 1 amide bonds. The summed E-state index contributed by atoms with van der Waals surface area (Å²) in [5.74, 6) is 1.01. The predicted octanol–water partition coefficient (Wildman–Crippen LogP) is 2.04. The zero-order valence-corrected chi connectivity index (χ0v) is 16.3. The van der Waals surface area contributed by atoms with Crippen molar-refractivity contribution in [1.29, 1.82) is 0 Å². The maximum Gasteiger partial charge on any atom is 0.258 e. The lowest BCUT2D eigenvalue weighted by Crippen LogP contribution is -2.28. The van der Waals surface area contributed by atoms with Crippen LogP contribution in [0.1, 0.15) is 11.1 Å². The van der Waals surface area contributed by atoms with E-state index in [2.05, 4.69) is 15.5 Å². The van der Waals surface area contributed by atoms with Gasteiger partial charge in [0.2, 0.25) is 0 Å². The van der Waals surface area contributed by atoms with Gasteiger partial charge >= 0.3 is 0 Å². The molecule has 2 N–H and O–H groups in total. The van der Waals surface area contributed by atoms with Crippen LogP contribution in [0.3, 0.4) is 0 Å². The van der Waals surface area contributed by atoms with E-state index in [4.69, 9.17) is 9.47 Å². The average Bonchev–Trinajstić information content (AvgIpc) is 2.69. The Bertz CT molecular complexity index is 705. The molecular formula is C21H29N3O3. The second-order valence-corrected chi connectivity index (χ2v) is 6.52. The van der Waals surface area contributed by atoms with Crippen LogP contribution >= 0.6 is 0 Å². The number of ether oxygens (including phenoxy) is 2. The first-order chi connectivity index (χ1) is 13.1. The number of hydrogen-bond donors (Lipinski definition) is 2. The summed E-state index contributed by atoms with van der Waals surface area (Å²) in [4.78, 5) is 14.1. The number of nitrogens with zero attached hydrogens (tertiary/aromatic N) is 1. The van der Waals surface area contributed by atoms with Crippen LogP contribution in [0.5, 0.6) is 11.5 Å². The van der Waals surface area contributed by atoms with E-state index in [-0.39, 0.29) is 12.5 Å². The molecule has 0 bridgehead atoms. The number of carbonyl (C=O) groups is 1. The second-order valence-electron chi connectivity index (χ2n) is 6.52. The summed E-state index contributed by atoms with van der Waals surface area (Å²) in [6, 6.07) is 15.5. The van der Waals surface area contributed by atoms with Gasteiger partial charge in [0, 0.05) is 26.2 Å². The molecule has 0 saturated carbocycles. The maximum absolute atomic E-state index is 12.0. The number of carbonyl (C=O) groups excluding carboxylic acids is 1. The molecule has 0 aliphatic heterocycles. The van der Waals surface area contributed by atoms with Crippen LogP contribution in [0, 0.1) is 0 Å². The van der Waals surface area contributed by atoms with Gasteiger partial charge in [-0.2, -0.15) is 0 Å². The Balaban J connectivity index is 1.80. The zero-order valence-electron chi connectivity index (χ0n) is 16.3. The molecule has 0 spiro atoms. The number of amides is 1. The van der Waals surface area contributed by atoms with Crippen LogP contribution in [0.15, 0.2) is 48.5 Å². The van der Waals surface area contributed by atoms with Crippen molar-refractivity contribution in [3.63, 3.8) is 0 Å². The van der Waals surface area contributed by atoms with Crippen LogP contribution in [0.4, 0.5) is 0 Å². The maximum atomic E-state index is 12.0. The predicted molar refractivity (Wildman–Crippen MR) is 107 cm³/mol. The molecule has 0 fully saturated rings.